The number of nitrogens with zero attached hydrogens (tertiary/aromatic N) is 4. The molecule has 0 aliphatic carbocycles. The smallest absolute Gasteiger partial charge is 0.166 e. The largest absolute Gasteiger partial charge is 0.308 e. The van der Waals surface area contributed by atoms with Crippen LogP contribution in [0.2, 0.25) is 0 Å². The molecule has 0 atom stereocenters. The van der Waals surface area contributed by atoms with Gasteiger partial charge in [-0.25, -0.2) is 15.0 Å². The lowest BCUT2D eigenvalue weighted by Gasteiger charge is -2.17. The number of hydrogen-bond donors (Lipinski definition) is 0. The van der Waals surface area contributed by atoms with Crippen LogP contribution in [-0.2, 0) is 0 Å². The average molecular weight is 809 g/mol. The fourth-order valence-corrected chi connectivity index (χ4v) is 9.96. The number of rotatable bonds is 7. The van der Waals surface area contributed by atoms with E-state index in [0.29, 0.717) is 17.5 Å². The SMILES string of the molecule is c1ccc(-c2ccc(-c3nc(-c4ccccc4)nc(-c4ccc(-c5ccc6c(c5)sc5ccccc56)cc4)n3)c(-n3c4ccccc4c4ccc(-c5ccccc5)cc43)c2)cc1. The first-order chi connectivity index (χ1) is 30.7. The minimum absolute atomic E-state index is 0.605. The van der Waals surface area contributed by atoms with Crippen molar-refractivity contribution in [2.45, 2.75) is 0 Å². The molecule has 12 rings (SSSR count). The number of fused-ring (bicyclic) bond motifs is 6. The highest BCUT2D eigenvalue weighted by Crippen LogP contribution is 2.40. The quantitative estimate of drug-likeness (QED) is 0.161. The molecule has 9 aromatic carbocycles. The molecule has 0 radical (unpaired) electrons. The molecule has 0 saturated carbocycles. The Hall–Kier alpha value is -7.99. The highest BCUT2D eigenvalue weighted by molar-refractivity contribution is 7.25. The molecule has 0 N–H and O–H groups in total. The van der Waals surface area contributed by atoms with E-state index in [1.54, 1.807) is 0 Å². The van der Waals surface area contributed by atoms with E-state index in [9.17, 15) is 0 Å². The van der Waals surface area contributed by atoms with Gasteiger partial charge < -0.3 is 4.57 Å². The van der Waals surface area contributed by atoms with Gasteiger partial charge >= 0.3 is 0 Å². The summed E-state index contributed by atoms with van der Waals surface area (Å²) in [7, 11) is 0. The third kappa shape index (κ3) is 6.26. The summed E-state index contributed by atoms with van der Waals surface area (Å²) in [5, 5.41) is 4.98. The van der Waals surface area contributed by atoms with Crippen molar-refractivity contribution >= 4 is 53.3 Å². The van der Waals surface area contributed by atoms with Crippen LogP contribution in [0.25, 0.3) is 115 Å². The molecule has 0 unspecified atom stereocenters. The summed E-state index contributed by atoms with van der Waals surface area (Å²) in [6, 6.07) is 77.6. The second kappa shape index (κ2) is 14.9. The molecule has 0 bridgehead atoms. The molecule has 0 fully saturated rings. The summed E-state index contributed by atoms with van der Waals surface area (Å²) >= 11 is 1.84. The van der Waals surface area contributed by atoms with Gasteiger partial charge in [-0.1, -0.05) is 182 Å². The molecule has 5 heteroatoms. The molecular formula is C57H36N4S. The number of para-hydroxylation sites is 1. The second-order valence-electron chi connectivity index (χ2n) is 15.6. The topological polar surface area (TPSA) is 43.6 Å². The van der Waals surface area contributed by atoms with Crippen molar-refractivity contribution in [2.75, 3.05) is 0 Å². The van der Waals surface area contributed by atoms with E-state index in [0.717, 1.165) is 55.7 Å². The predicted octanol–water partition coefficient (Wildman–Crippen LogP) is 15.3. The number of hydrogen-bond acceptors (Lipinski definition) is 4. The lowest BCUT2D eigenvalue weighted by atomic mass is 10.0. The van der Waals surface area contributed by atoms with E-state index < -0.39 is 0 Å². The van der Waals surface area contributed by atoms with Crippen LogP contribution < -0.4 is 0 Å². The van der Waals surface area contributed by atoms with Crippen LogP contribution in [0.3, 0.4) is 0 Å². The lowest BCUT2D eigenvalue weighted by Crippen LogP contribution is -2.04. The third-order valence-electron chi connectivity index (χ3n) is 11.9. The van der Waals surface area contributed by atoms with Crippen LogP contribution in [-0.4, -0.2) is 19.5 Å². The third-order valence-corrected chi connectivity index (χ3v) is 13.0. The maximum atomic E-state index is 5.33. The summed E-state index contributed by atoms with van der Waals surface area (Å²) in [4.78, 5) is 15.7. The van der Waals surface area contributed by atoms with Crippen molar-refractivity contribution in [1.82, 2.24) is 19.5 Å². The van der Waals surface area contributed by atoms with Crippen LogP contribution >= 0.6 is 11.3 Å². The molecule has 0 aliphatic rings. The van der Waals surface area contributed by atoms with Gasteiger partial charge in [0.2, 0.25) is 0 Å². The van der Waals surface area contributed by atoms with Gasteiger partial charge in [-0.05, 0) is 69.8 Å². The number of thiophene rings is 1. The van der Waals surface area contributed by atoms with E-state index in [-0.39, 0.29) is 0 Å². The van der Waals surface area contributed by atoms with Crippen molar-refractivity contribution in [1.29, 1.82) is 0 Å². The zero-order valence-electron chi connectivity index (χ0n) is 33.5. The van der Waals surface area contributed by atoms with Gasteiger partial charge in [-0.15, -0.1) is 11.3 Å². The minimum atomic E-state index is 0.605. The van der Waals surface area contributed by atoms with Gasteiger partial charge in [0.05, 0.1) is 16.7 Å². The van der Waals surface area contributed by atoms with Crippen LogP contribution in [0.1, 0.15) is 0 Å². The van der Waals surface area contributed by atoms with Gasteiger partial charge in [0, 0.05) is 47.6 Å². The van der Waals surface area contributed by atoms with E-state index >= 15 is 0 Å². The maximum Gasteiger partial charge on any atom is 0.166 e. The fraction of sp³-hybridized carbons (Fsp3) is 0. The van der Waals surface area contributed by atoms with Crippen LogP contribution in [0, 0.1) is 0 Å². The van der Waals surface area contributed by atoms with E-state index in [1.165, 1.54) is 42.1 Å². The van der Waals surface area contributed by atoms with E-state index in [1.807, 2.05) is 29.5 Å². The first-order valence-corrected chi connectivity index (χ1v) is 21.7. The summed E-state index contributed by atoms with van der Waals surface area (Å²) < 4.78 is 4.99. The molecule has 12 aromatic rings. The highest BCUT2D eigenvalue weighted by Gasteiger charge is 2.21. The normalized spacial score (nSPS) is 11.5. The van der Waals surface area contributed by atoms with Crippen LogP contribution in [0.15, 0.2) is 218 Å². The Bertz CT molecular complexity index is 3610. The Kier molecular flexibility index (Phi) is 8.65. The molecule has 0 spiro atoms. The summed E-state index contributed by atoms with van der Waals surface area (Å²) in [5.74, 6) is 1.84. The van der Waals surface area contributed by atoms with E-state index in [2.05, 4.69) is 205 Å². The van der Waals surface area contributed by atoms with Crippen LogP contribution in [0.4, 0.5) is 0 Å². The molecule has 290 valence electrons. The minimum Gasteiger partial charge on any atom is -0.308 e. The van der Waals surface area contributed by atoms with Crippen molar-refractivity contribution in [2.24, 2.45) is 0 Å². The Balaban J connectivity index is 1.05. The molecule has 0 aliphatic heterocycles. The predicted molar refractivity (Wildman–Crippen MR) is 260 cm³/mol. The second-order valence-corrected chi connectivity index (χ2v) is 16.7. The molecule has 0 saturated heterocycles. The highest BCUT2D eigenvalue weighted by atomic mass is 32.1. The molecule has 0 amide bonds. The van der Waals surface area contributed by atoms with E-state index in [4.69, 9.17) is 15.0 Å². The summed E-state index contributed by atoms with van der Waals surface area (Å²) in [5.41, 5.74) is 12.9. The molecule has 3 aromatic heterocycles. The Morgan fingerprint density at radius 3 is 1.45 bits per heavy atom. The fourth-order valence-electron chi connectivity index (χ4n) is 8.82. The average Bonchev–Trinajstić information content (AvgIpc) is 3.89. The van der Waals surface area contributed by atoms with Gasteiger partial charge in [-0.2, -0.15) is 0 Å². The first-order valence-electron chi connectivity index (χ1n) is 20.8. The zero-order valence-corrected chi connectivity index (χ0v) is 34.3. The standard InChI is InChI=1S/C57H36N4S/c1-4-14-37(15-5-1)42-28-31-46-45-20-10-12-22-50(45)61(51(46)34-42)52-35-43(38-16-6-2-7-17-38)30-33-49(52)57-59-55(40-18-8-3-9-19-40)58-56(60-57)41-26-24-39(25-27-41)44-29-32-48-47-21-11-13-23-53(47)62-54(48)36-44/h1-36H. The number of aromatic nitrogens is 4. The van der Waals surface area contributed by atoms with Gasteiger partial charge in [-0.3, -0.25) is 0 Å². The Labute approximate surface area is 362 Å². The van der Waals surface area contributed by atoms with Gasteiger partial charge in [0.25, 0.3) is 0 Å². The van der Waals surface area contributed by atoms with Crippen molar-refractivity contribution < 1.29 is 0 Å². The molecular weight excluding hydrogens is 773 g/mol. The van der Waals surface area contributed by atoms with Crippen LogP contribution in [0.5, 0.6) is 0 Å². The number of benzene rings is 9. The molecule has 62 heavy (non-hydrogen) atoms. The Morgan fingerprint density at radius 2 is 0.742 bits per heavy atom. The molecule has 4 nitrogen and oxygen atoms in total. The van der Waals surface area contributed by atoms with Crippen molar-refractivity contribution in [3.63, 3.8) is 0 Å². The van der Waals surface area contributed by atoms with Gasteiger partial charge in [0.15, 0.2) is 17.5 Å². The summed E-state index contributed by atoms with van der Waals surface area (Å²) in [6.45, 7) is 0. The monoisotopic (exact) mass is 808 g/mol. The zero-order chi connectivity index (χ0) is 41.0. The first kappa shape index (κ1) is 35.9. The Morgan fingerprint density at radius 1 is 0.290 bits per heavy atom. The van der Waals surface area contributed by atoms with Gasteiger partial charge in [0.1, 0.15) is 0 Å². The van der Waals surface area contributed by atoms with Crippen molar-refractivity contribution in [3.8, 4) is 73.2 Å². The summed E-state index contributed by atoms with van der Waals surface area (Å²) in [6.07, 6.45) is 0. The maximum absolute atomic E-state index is 5.33. The lowest BCUT2D eigenvalue weighted by molar-refractivity contribution is 1.06. The molecule has 3 heterocycles. The van der Waals surface area contributed by atoms with Crippen molar-refractivity contribution in [3.05, 3.63) is 218 Å².